The number of carbonyl (C=O) groups is 1. The summed E-state index contributed by atoms with van der Waals surface area (Å²) in [4.78, 5) is 13.4. The monoisotopic (exact) mass is 260 g/mol. The molecule has 0 spiro atoms. The lowest BCUT2D eigenvalue weighted by molar-refractivity contribution is -0.118. The number of rotatable bonds is 2. The predicted octanol–water partition coefficient (Wildman–Crippen LogP) is 4.63. The van der Waals surface area contributed by atoms with Crippen molar-refractivity contribution in [3.05, 3.63) is 42.5 Å². The predicted molar refractivity (Wildman–Crippen MR) is 77.9 cm³/mol. The molecule has 0 amide bonds. The SMILES string of the molecule is O=C1CCC/C=C/CCCC1Sc1ccccc1. The first kappa shape index (κ1) is 13.4. The molecule has 96 valence electrons. The van der Waals surface area contributed by atoms with Gasteiger partial charge in [0.2, 0.25) is 0 Å². The van der Waals surface area contributed by atoms with Gasteiger partial charge in [-0.2, -0.15) is 0 Å². The molecule has 1 aliphatic rings. The highest BCUT2D eigenvalue weighted by Crippen LogP contribution is 2.28. The van der Waals surface area contributed by atoms with E-state index in [0.717, 1.165) is 38.5 Å². The van der Waals surface area contributed by atoms with E-state index in [1.165, 1.54) is 4.90 Å². The lowest BCUT2D eigenvalue weighted by Crippen LogP contribution is -2.17. The Kier molecular flexibility index (Phi) is 5.53. The Bertz CT molecular complexity index is 397. The smallest absolute Gasteiger partial charge is 0.146 e. The number of carbonyl (C=O) groups excluding carboxylic acids is 1. The van der Waals surface area contributed by atoms with Gasteiger partial charge in [-0.3, -0.25) is 4.79 Å². The second-order valence-corrected chi connectivity index (χ2v) is 5.96. The van der Waals surface area contributed by atoms with Gasteiger partial charge in [-0.15, -0.1) is 11.8 Å². The van der Waals surface area contributed by atoms with Crippen LogP contribution in [0.25, 0.3) is 0 Å². The molecular weight excluding hydrogens is 240 g/mol. The minimum Gasteiger partial charge on any atom is -0.298 e. The van der Waals surface area contributed by atoms with E-state index < -0.39 is 0 Å². The molecule has 1 aromatic carbocycles. The van der Waals surface area contributed by atoms with E-state index >= 15 is 0 Å². The van der Waals surface area contributed by atoms with Gasteiger partial charge in [-0.1, -0.05) is 30.4 Å². The Morgan fingerprint density at radius 3 is 2.50 bits per heavy atom. The third-order valence-corrected chi connectivity index (χ3v) is 4.51. The van der Waals surface area contributed by atoms with E-state index in [1.807, 2.05) is 18.2 Å². The Balaban J connectivity index is 1.99. The molecule has 0 saturated heterocycles. The molecule has 0 aromatic heterocycles. The molecule has 0 N–H and O–H groups in total. The van der Waals surface area contributed by atoms with Crippen molar-refractivity contribution in [1.29, 1.82) is 0 Å². The van der Waals surface area contributed by atoms with Gasteiger partial charge in [0, 0.05) is 11.3 Å². The maximum absolute atomic E-state index is 12.2. The summed E-state index contributed by atoms with van der Waals surface area (Å²) in [6.07, 6.45) is 10.5. The largest absolute Gasteiger partial charge is 0.298 e. The van der Waals surface area contributed by atoms with Crippen LogP contribution in [0.3, 0.4) is 0 Å². The first-order valence-corrected chi connectivity index (χ1v) is 7.63. The molecule has 1 aliphatic carbocycles. The molecule has 0 bridgehead atoms. The van der Waals surface area contributed by atoms with E-state index in [9.17, 15) is 4.79 Å². The number of hydrogen-bond donors (Lipinski definition) is 0. The lowest BCUT2D eigenvalue weighted by Gasteiger charge is -2.16. The number of hydrogen-bond acceptors (Lipinski definition) is 2. The number of ketones is 1. The second kappa shape index (κ2) is 7.42. The van der Waals surface area contributed by atoms with Gasteiger partial charge in [0.25, 0.3) is 0 Å². The van der Waals surface area contributed by atoms with Crippen molar-refractivity contribution in [2.24, 2.45) is 0 Å². The lowest BCUT2D eigenvalue weighted by atomic mass is 10.0. The molecule has 1 atom stereocenters. The Morgan fingerprint density at radius 1 is 1.00 bits per heavy atom. The summed E-state index contributed by atoms with van der Waals surface area (Å²) in [6.45, 7) is 0. The average Bonchev–Trinajstić information content (AvgIpc) is 2.41. The van der Waals surface area contributed by atoms with Crippen molar-refractivity contribution in [3.63, 3.8) is 0 Å². The molecule has 0 heterocycles. The highest BCUT2D eigenvalue weighted by atomic mass is 32.2. The van der Waals surface area contributed by atoms with Crippen LogP contribution in [0.5, 0.6) is 0 Å². The third-order valence-electron chi connectivity index (χ3n) is 3.18. The van der Waals surface area contributed by atoms with Crippen molar-refractivity contribution >= 4 is 17.5 Å². The van der Waals surface area contributed by atoms with Crippen LogP contribution in [-0.4, -0.2) is 11.0 Å². The maximum atomic E-state index is 12.2. The molecule has 1 unspecified atom stereocenters. The van der Waals surface area contributed by atoms with Crippen LogP contribution in [0.1, 0.15) is 38.5 Å². The molecule has 0 radical (unpaired) electrons. The van der Waals surface area contributed by atoms with E-state index in [4.69, 9.17) is 0 Å². The summed E-state index contributed by atoms with van der Waals surface area (Å²) >= 11 is 1.74. The molecule has 2 rings (SSSR count). The molecule has 18 heavy (non-hydrogen) atoms. The standard InChI is InChI=1S/C16H20OS/c17-15-12-8-3-1-2-4-9-13-16(15)18-14-10-6-5-7-11-14/h1-2,5-7,10-11,16H,3-4,8-9,12-13H2/b2-1+. The fourth-order valence-corrected chi connectivity index (χ4v) is 3.34. The minimum atomic E-state index is 0.152. The summed E-state index contributed by atoms with van der Waals surface area (Å²) in [5.74, 6) is 0.430. The normalized spacial score (nSPS) is 23.6. The van der Waals surface area contributed by atoms with Crippen molar-refractivity contribution in [2.75, 3.05) is 0 Å². The van der Waals surface area contributed by atoms with Crippen molar-refractivity contribution in [2.45, 2.75) is 48.7 Å². The zero-order chi connectivity index (χ0) is 12.6. The summed E-state index contributed by atoms with van der Waals surface area (Å²) in [5.41, 5.74) is 0. The minimum absolute atomic E-state index is 0.152. The molecule has 2 heteroatoms. The Labute approximate surface area is 114 Å². The highest BCUT2D eigenvalue weighted by Gasteiger charge is 2.19. The van der Waals surface area contributed by atoms with E-state index in [2.05, 4.69) is 24.3 Å². The molecule has 1 nitrogen and oxygen atoms in total. The van der Waals surface area contributed by atoms with Crippen LogP contribution in [0.2, 0.25) is 0 Å². The number of Topliss-reactive ketones (excluding diaryl/α,β-unsaturated/α-hetero) is 1. The van der Waals surface area contributed by atoms with Gasteiger partial charge in [0.05, 0.1) is 5.25 Å². The summed E-state index contributed by atoms with van der Waals surface area (Å²) in [7, 11) is 0. The second-order valence-electron chi connectivity index (χ2n) is 4.68. The first-order valence-electron chi connectivity index (χ1n) is 6.75. The van der Waals surface area contributed by atoms with Crippen LogP contribution in [0.4, 0.5) is 0 Å². The topological polar surface area (TPSA) is 17.1 Å². The summed E-state index contributed by atoms with van der Waals surface area (Å²) in [5, 5.41) is 0.152. The zero-order valence-corrected chi connectivity index (χ0v) is 11.5. The van der Waals surface area contributed by atoms with Gasteiger partial charge in [-0.25, -0.2) is 0 Å². The molecular formula is C16H20OS. The van der Waals surface area contributed by atoms with Crippen molar-refractivity contribution in [3.8, 4) is 0 Å². The van der Waals surface area contributed by atoms with Crippen LogP contribution in [0, 0.1) is 0 Å². The zero-order valence-electron chi connectivity index (χ0n) is 10.7. The Morgan fingerprint density at radius 2 is 1.72 bits per heavy atom. The average molecular weight is 260 g/mol. The van der Waals surface area contributed by atoms with Crippen molar-refractivity contribution in [1.82, 2.24) is 0 Å². The third kappa shape index (κ3) is 4.34. The summed E-state index contributed by atoms with van der Waals surface area (Å²) in [6, 6.07) is 10.3. The fraction of sp³-hybridized carbons (Fsp3) is 0.438. The van der Waals surface area contributed by atoms with Crippen LogP contribution in [0.15, 0.2) is 47.4 Å². The maximum Gasteiger partial charge on any atom is 0.146 e. The van der Waals surface area contributed by atoms with Crippen LogP contribution < -0.4 is 0 Å². The number of benzene rings is 1. The fourth-order valence-electron chi connectivity index (χ4n) is 2.16. The van der Waals surface area contributed by atoms with E-state index in [0.29, 0.717) is 5.78 Å². The molecule has 1 aromatic rings. The van der Waals surface area contributed by atoms with E-state index in [1.54, 1.807) is 11.8 Å². The quantitative estimate of drug-likeness (QED) is 0.721. The van der Waals surface area contributed by atoms with Gasteiger partial charge in [-0.05, 0) is 44.2 Å². The summed E-state index contributed by atoms with van der Waals surface area (Å²) < 4.78 is 0. The van der Waals surface area contributed by atoms with Gasteiger partial charge < -0.3 is 0 Å². The highest BCUT2D eigenvalue weighted by molar-refractivity contribution is 8.00. The van der Waals surface area contributed by atoms with Crippen LogP contribution >= 0.6 is 11.8 Å². The first-order chi connectivity index (χ1) is 8.86. The molecule has 0 aliphatic heterocycles. The van der Waals surface area contributed by atoms with Gasteiger partial charge >= 0.3 is 0 Å². The number of thioether (sulfide) groups is 1. The van der Waals surface area contributed by atoms with E-state index in [-0.39, 0.29) is 5.25 Å². The van der Waals surface area contributed by atoms with Crippen molar-refractivity contribution < 1.29 is 4.79 Å². The van der Waals surface area contributed by atoms with Gasteiger partial charge in [0.15, 0.2) is 0 Å². The van der Waals surface area contributed by atoms with Gasteiger partial charge in [0.1, 0.15) is 5.78 Å². The molecule has 0 fully saturated rings. The molecule has 0 saturated carbocycles. The van der Waals surface area contributed by atoms with Crippen LogP contribution in [-0.2, 0) is 4.79 Å². The Hall–Kier alpha value is -1.02. The number of allylic oxidation sites excluding steroid dienone is 2.